The van der Waals surface area contributed by atoms with Gasteiger partial charge in [-0.2, -0.15) is 0 Å². The highest BCUT2D eigenvalue weighted by Crippen LogP contribution is 2.44. The van der Waals surface area contributed by atoms with Gasteiger partial charge in [-0.25, -0.2) is 29.9 Å². The van der Waals surface area contributed by atoms with Gasteiger partial charge in [-0.05, 0) is 369 Å². The maximum atomic E-state index is 13.1. The van der Waals surface area contributed by atoms with Crippen LogP contribution in [0.3, 0.4) is 0 Å². The van der Waals surface area contributed by atoms with Crippen molar-refractivity contribution in [3.05, 3.63) is 247 Å². The molecule has 26 nitrogen and oxygen atoms in total. The van der Waals surface area contributed by atoms with Gasteiger partial charge >= 0.3 is 5.97 Å². The van der Waals surface area contributed by atoms with Gasteiger partial charge < -0.3 is 80.6 Å². The number of H-pyrrole nitrogens is 6. The number of aromatic amines is 6. The molecule has 11 N–H and O–H groups in total. The Bertz CT molecular complexity index is 7580. The van der Waals surface area contributed by atoms with Crippen LogP contribution >= 0.6 is 0 Å². The van der Waals surface area contributed by atoms with E-state index in [1.807, 2.05) is 99.6 Å². The van der Waals surface area contributed by atoms with Gasteiger partial charge in [-0.15, -0.1) is 0 Å². The van der Waals surface area contributed by atoms with Crippen molar-refractivity contribution in [1.82, 2.24) is 95.8 Å². The number of carboxylic acids is 1. The number of aryl methyl sites for hydroxylation is 6. The molecular formula is C122H149N19O7. The minimum absolute atomic E-state index is 0.0109. The fourth-order valence-corrected chi connectivity index (χ4v) is 20.1. The molecule has 9 aromatic heterocycles. The Morgan fingerprint density at radius 3 is 0.791 bits per heavy atom. The number of ketones is 2. The highest BCUT2D eigenvalue weighted by atomic mass is 16.4. The monoisotopic (exact) mass is 1990 g/mol. The summed E-state index contributed by atoms with van der Waals surface area (Å²) >= 11 is 0. The highest BCUT2D eigenvalue weighted by molar-refractivity contribution is 6.03. The van der Waals surface area contributed by atoms with Gasteiger partial charge in [0.2, 0.25) is 17.7 Å². The Morgan fingerprint density at radius 2 is 0.534 bits per heavy atom. The van der Waals surface area contributed by atoms with Crippen LogP contribution in [0.5, 0.6) is 0 Å². The molecule has 24 bridgehead atoms. The molecule has 0 atom stereocenters. The molecular weight excluding hydrogens is 1840 g/mol. The summed E-state index contributed by atoms with van der Waals surface area (Å²) < 4.78 is 0. The van der Waals surface area contributed by atoms with E-state index < -0.39 is 5.97 Å². The zero-order chi connectivity index (χ0) is 107. The van der Waals surface area contributed by atoms with Crippen LogP contribution in [0.2, 0.25) is 0 Å². The fraction of sp³-hybridized carbons (Fsp3) is 0.361. The fourth-order valence-electron chi connectivity index (χ4n) is 20.1. The number of likely N-dealkylation sites (N-methyl/N-ethyl adjacent to an activating group) is 2. The van der Waals surface area contributed by atoms with Crippen molar-refractivity contribution in [2.75, 3.05) is 93.6 Å². The normalized spacial score (nSPS) is 13.0. The lowest BCUT2D eigenvalue weighted by atomic mass is 9.97. The molecule has 0 radical (unpaired) electrons. The third-order valence-electron chi connectivity index (χ3n) is 29.3. The number of carbonyl (C=O) groups excluding carboxylic acids is 5. The SMILES string of the molecule is C=Cc1c(C)c2cc3[nH]c(cc4nc(cc5nc(cc1[nH]2)C(C)=C5CCC(=O)NCCN(C)C)C(CCC(=O)O)=C4C)c(C)c3C=C.C=Cc1c(C)c2cc3[nH]c(cc4nc(cc5nc(cc1[nH]2)C(C)=C5CCC(C)=O)C(CCC(=O)NCCCCN(C)C)=C4C)c(C)c3C=C.C=Cc1c(C)c2cc3[nH]c(cc4nc(cc5nc(cc1[nH]2)C(C)=C5CCC(C)=O)C(CCC(=O)NCCNCCN(CC)CC)=C4C)c(C)c3C=C. The molecule has 0 saturated carbocycles. The number of allylic oxidation sites excluding steroid dienone is 12. The van der Waals surface area contributed by atoms with Crippen molar-refractivity contribution in [2.24, 2.45) is 0 Å². The summed E-state index contributed by atoms with van der Waals surface area (Å²) in [6.45, 7) is 65.4. The molecule has 0 unspecified atom stereocenters. The zero-order valence-electron chi connectivity index (χ0n) is 90.5. The quantitative estimate of drug-likeness (QED) is 0.0159. The first-order valence-corrected chi connectivity index (χ1v) is 51.8. The van der Waals surface area contributed by atoms with Gasteiger partial charge in [0.15, 0.2) is 0 Å². The smallest absolute Gasteiger partial charge is 0.303 e. The van der Waals surface area contributed by atoms with E-state index in [0.29, 0.717) is 96.0 Å². The summed E-state index contributed by atoms with van der Waals surface area (Å²) in [5.74, 6) is -0.564. The van der Waals surface area contributed by atoms with Crippen LogP contribution in [0.4, 0.5) is 0 Å². The van der Waals surface area contributed by atoms with Crippen LogP contribution in [-0.2, 0) is 28.8 Å². The Balaban J connectivity index is 0.000000186. The van der Waals surface area contributed by atoms with E-state index in [0.717, 1.165) is 321 Å². The molecule has 0 aromatic carbocycles. The maximum Gasteiger partial charge on any atom is 0.303 e. The van der Waals surface area contributed by atoms with Crippen LogP contribution < -0.4 is 21.3 Å². The lowest BCUT2D eigenvalue weighted by Crippen LogP contribution is -2.36. The van der Waals surface area contributed by atoms with Crippen LogP contribution in [0.1, 0.15) is 294 Å². The lowest BCUT2D eigenvalue weighted by Gasteiger charge is -2.18. The average molecular weight is 1990 g/mol. The minimum atomic E-state index is -0.866. The number of hydrogen-bond acceptors (Lipinski definition) is 16. The van der Waals surface area contributed by atoms with Crippen LogP contribution in [0, 0.1) is 41.5 Å². The number of aliphatic carboxylic acids is 1. The van der Waals surface area contributed by atoms with E-state index in [1.165, 1.54) is 0 Å². The molecule has 6 aliphatic rings. The lowest BCUT2D eigenvalue weighted by molar-refractivity contribution is -0.137. The summed E-state index contributed by atoms with van der Waals surface area (Å²) in [4.78, 5) is 134. The summed E-state index contributed by atoms with van der Waals surface area (Å²) in [5.41, 5.74) is 45.2. The highest BCUT2D eigenvalue weighted by Gasteiger charge is 2.29. The van der Waals surface area contributed by atoms with E-state index >= 15 is 0 Å². The second-order valence-corrected chi connectivity index (χ2v) is 39.8. The number of carboxylic acid groups (broad SMARTS) is 1. The Kier molecular flexibility index (Phi) is 37.1. The third-order valence-corrected chi connectivity index (χ3v) is 29.3. The number of Topliss-reactive ketones (excluding diaryl/α,β-unsaturated/α-hetero) is 2. The van der Waals surface area contributed by atoms with Crippen molar-refractivity contribution in [1.29, 1.82) is 0 Å². The number of nitrogens with zero attached hydrogens (tertiary/aromatic N) is 9. The standard InChI is InChI=1S/C43H55N7O2.C41H50N6O2.C38H44N6O3/c1-10-31-27(6)35-22-36-30(9)34(16-17-43(52)45-19-18-44-20-21-50(12-3)13-4)42(48-36)25-41-33(15-14-26(5)51)29(8)38(49-41)24-40-32(11-2)28(7)37(47-40)23-39(31)46-35;1-10-29-25(4)33-20-34-28(7)32(16-17-41(49)42-18-12-13-19-47(8)9)40(45-34)23-39-31(15-14-24(3)48)27(6)36(46-39)22-38-30(11-2)26(5)35(44-38)21-37(29)43-33;1-9-25-21(3)29-17-30-24(6)28(12-14-38(46)47)36(42-30)20-35-27(11-13-37(45)39-15-16-44(7)8)23(5)32(43-35)19-34-26(10-2)22(4)31(41-34)18-33(25)40-29/h10-11,22-25,44,46-47H,1-2,12-21H2,3-9H3,(H,45,52);10-11,20-23,43-44H,1-2,12-19H2,3-9H3,(H,42,49);9-10,17-20,40-41H,1-2,11-16H2,3-8H3,(H,39,45)(H,46,47). The zero-order valence-corrected chi connectivity index (χ0v) is 90.5. The van der Waals surface area contributed by atoms with Gasteiger partial charge in [-0.1, -0.05) is 89.8 Å². The van der Waals surface area contributed by atoms with Gasteiger partial charge in [0.05, 0.1) is 68.3 Å². The number of fused-ring (bicyclic) bond motifs is 24. The van der Waals surface area contributed by atoms with Crippen molar-refractivity contribution in [3.63, 3.8) is 0 Å². The molecule has 15 rings (SSSR count). The Hall–Kier alpha value is -14.7. The van der Waals surface area contributed by atoms with E-state index in [9.17, 15) is 33.9 Å². The predicted octanol–water partition coefficient (Wildman–Crippen LogP) is 24.4. The van der Waals surface area contributed by atoms with Gasteiger partial charge in [0.25, 0.3) is 0 Å². The molecule has 26 heteroatoms. The predicted molar refractivity (Wildman–Crippen MR) is 617 cm³/mol. The molecule has 3 amide bonds. The number of amides is 3. The van der Waals surface area contributed by atoms with E-state index in [1.54, 1.807) is 13.8 Å². The molecule has 0 saturated heterocycles. The third kappa shape index (κ3) is 25.7. The van der Waals surface area contributed by atoms with E-state index in [4.69, 9.17) is 29.9 Å². The topological polar surface area (TPSA) is 353 Å². The van der Waals surface area contributed by atoms with Gasteiger partial charge in [0.1, 0.15) is 11.6 Å². The van der Waals surface area contributed by atoms with E-state index in [-0.39, 0.29) is 35.7 Å². The van der Waals surface area contributed by atoms with E-state index in [2.05, 4.69) is 240 Å². The molecule has 0 spiro atoms. The number of nitrogens with one attached hydrogen (secondary N) is 10. The number of aromatic nitrogens is 12. The van der Waals surface area contributed by atoms with Crippen LogP contribution in [0.15, 0.2) is 112 Å². The minimum Gasteiger partial charge on any atom is -0.481 e. The summed E-state index contributed by atoms with van der Waals surface area (Å²) in [7, 11) is 8.07. The summed E-state index contributed by atoms with van der Waals surface area (Å²) in [6.07, 6.45) is 18.2. The Labute approximate surface area is 870 Å². The van der Waals surface area contributed by atoms with Crippen LogP contribution in [-0.4, -0.2) is 209 Å². The molecule has 9 aromatic rings. The number of rotatable bonds is 40. The summed E-state index contributed by atoms with van der Waals surface area (Å²) in [6, 6.07) is 24.8. The molecule has 0 aliphatic carbocycles. The number of hydrogen-bond donors (Lipinski definition) is 11. The molecule has 6 aliphatic heterocycles. The number of unbranched alkanes of at least 4 members (excludes halogenated alkanes) is 1. The molecule has 15 heterocycles. The molecule has 774 valence electrons. The molecule has 148 heavy (non-hydrogen) atoms. The molecule has 0 fully saturated rings. The second-order valence-electron chi connectivity index (χ2n) is 39.8. The van der Waals surface area contributed by atoms with Crippen molar-refractivity contribution >= 4 is 205 Å². The van der Waals surface area contributed by atoms with Gasteiger partial charge in [0, 0.05) is 184 Å². The van der Waals surface area contributed by atoms with Crippen molar-refractivity contribution in [2.45, 2.75) is 201 Å². The maximum absolute atomic E-state index is 13.1. The first-order valence-electron chi connectivity index (χ1n) is 51.8. The second kappa shape index (κ2) is 49.7. The largest absolute Gasteiger partial charge is 0.481 e. The first-order chi connectivity index (χ1) is 70.8. The van der Waals surface area contributed by atoms with Crippen LogP contribution in [0.25, 0.3) is 170 Å². The van der Waals surface area contributed by atoms with Gasteiger partial charge in [-0.3, -0.25) is 19.2 Å². The first kappa shape index (κ1) is 111. The summed E-state index contributed by atoms with van der Waals surface area (Å²) in [5, 5.41) is 22.2. The number of carbonyl (C=O) groups is 6. The van der Waals surface area contributed by atoms with Crippen molar-refractivity contribution < 1.29 is 33.9 Å². The Morgan fingerprint density at radius 1 is 0.291 bits per heavy atom. The average Bonchev–Trinajstić information content (AvgIpc) is 1.62. The van der Waals surface area contributed by atoms with Crippen molar-refractivity contribution in [3.8, 4) is 0 Å².